The number of ether oxygens (including phenoxy) is 1. The van der Waals surface area contributed by atoms with Crippen molar-refractivity contribution in [2.24, 2.45) is 17.6 Å². The Morgan fingerprint density at radius 1 is 1.38 bits per heavy atom. The van der Waals surface area contributed by atoms with Crippen LogP contribution < -0.4 is 10.5 Å². The van der Waals surface area contributed by atoms with E-state index in [0.717, 1.165) is 18.0 Å². The van der Waals surface area contributed by atoms with Gasteiger partial charge in [0.15, 0.2) is 11.6 Å². The van der Waals surface area contributed by atoms with Crippen LogP contribution in [-0.4, -0.2) is 37.7 Å². The number of benzene rings is 1. The predicted octanol–water partition coefficient (Wildman–Crippen LogP) is 2.61. The van der Waals surface area contributed by atoms with Crippen LogP contribution in [0.5, 0.6) is 5.75 Å². The van der Waals surface area contributed by atoms with Crippen LogP contribution in [0.15, 0.2) is 18.2 Å². The van der Waals surface area contributed by atoms with Gasteiger partial charge in [-0.25, -0.2) is 4.39 Å². The smallest absolute Gasteiger partial charge is 0.165 e. The molecule has 1 aromatic rings. The Balaban J connectivity index is 1.81. The molecular weight excluding hydrogens is 267 g/mol. The quantitative estimate of drug-likeness (QED) is 0.906. The number of fused-ring (bicyclic) bond motifs is 3. The summed E-state index contributed by atoms with van der Waals surface area (Å²) in [5.41, 5.74) is 7.07. The van der Waals surface area contributed by atoms with Crippen LogP contribution in [0, 0.1) is 17.7 Å². The van der Waals surface area contributed by atoms with Crippen molar-refractivity contribution >= 4 is 0 Å². The highest BCUT2D eigenvalue weighted by Gasteiger charge is 2.38. The number of hydrogen-bond donors (Lipinski definition) is 1. The second kappa shape index (κ2) is 6.32. The van der Waals surface area contributed by atoms with Crippen molar-refractivity contribution in [3.63, 3.8) is 0 Å². The van der Waals surface area contributed by atoms with Gasteiger partial charge in [-0.2, -0.15) is 0 Å². The molecule has 0 aromatic heterocycles. The molecule has 0 spiro atoms. The average Bonchev–Trinajstić information content (AvgIpc) is 2.52. The lowest BCUT2D eigenvalue weighted by Gasteiger charge is -2.47. The van der Waals surface area contributed by atoms with Gasteiger partial charge in [-0.3, -0.25) is 0 Å². The number of halogens is 1. The van der Waals surface area contributed by atoms with E-state index < -0.39 is 0 Å². The maximum Gasteiger partial charge on any atom is 0.165 e. The van der Waals surface area contributed by atoms with E-state index >= 15 is 0 Å². The Labute approximate surface area is 126 Å². The van der Waals surface area contributed by atoms with E-state index in [1.165, 1.54) is 25.9 Å². The fourth-order valence-corrected chi connectivity index (χ4v) is 4.05. The lowest BCUT2D eigenvalue weighted by Crippen LogP contribution is -2.50. The van der Waals surface area contributed by atoms with Crippen LogP contribution in [0.25, 0.3) is 0 Å². The molecule has 0 aliphatic carbocycles. The topological polar surface area (TPSA) is 38.5 Å². The monoisotopic (exact) mass is 292 g/mol. The first-order valence-corrected chi connectivity index (χ1v) is 8.07. The van der Waals surface area contributed by atoms with Gasteiger partial charge in [0.2, 0.25) is 0 Å². The zero-order valence-electron chi connectivity index (χ0n) is 12.7. The molecule has 3 saturated heterocycles. The molecular formula is C17H25FN2O. The highest BCUT2D eigenvalue weighted by Crippen LogP contribution is 2.41. The van der Waals surface area contributed by atoms with Crippen LogP contribution in [0.1, 0.15) is 31.2 Å². The lowest BCUT2D eigenvalue weighted by atomic mass is 9.70. The van der Waals surface area contributed by atoms with E-state index in [-0.39, 0.29) is 11.7 Å². The predicted molar refractivity (Wildman–Crippen MR) is 82.0 cm³/mol. The molecule has 3 nitrogen and oxygen atoms in total. The van der Waals surface area contributed by atoms with Gasteiger partial charge < -0.3 is 15.4 Å². The molecule has 0 saturated carbocycles. The average molecular weight is 292 g/mol. The van der Waals surface area contributed by atoms with Crippen molar-refractivity contribution in [1.29, 1.82) is 0 Å². The van der Waals surface area contributed by atoms with E-state index in [1.54, 1.807) is 12.1 Å². The molecule has 0 radical (unpaired) electrons. The molecule has 2 unspecified atom stereocenters. The molecule has 3 fully saturated rings. The van der Waals surface area contributed by atoms with Crippen molar-refractivity contribution in [1.82, 2.24) is 4.90 Å². The normalized spacial score (nSPS) is 29.4. The molecule has 3 aliphatic heterocycles. The van der Waals surface area contributed by atoms with Crippen LogP contribution in [0.2, 0.25) is 0 Å². The van der Waals surface area contributed by atoms with Crippen molar-refractivity contribution in [3.05, 3.63) is 29.6 Å². The van der Waals surface area contributed by atoms with Crippen LogP contribution in [-0.2, 0) is 0 Å². The zero-order chi connectivity index (χ0) is 14.8. The van der Waals surface area contributed by atoms with Crippen molar-refractivity contribution in [2.75, 3.05) is 32.8 Å². The third-order valence-electron chi connectivity index (χ3n) is 5.16. The second-order valence-electron chi connectivity index (χ2n) is 6.27. The van der Waals surface area contributed by atoms with E-state index in [4.69, 9.17) is 10.5 Å². The molecule has 3 heterocycles. The maximum atomic E-state index is 14.1. The third kappa shape index (κ3) is 2.92. The molecule has 2 atom stereocenters. The van der Waals surface area contributed by atoms with Gasteiger partial charge in [0.05, 0.1) is 6.61 Å². The van der Waals surface area contributed by atoms with Gasteiger partial charge in [-0.1, -0.05) is 6.07 Å². The minimum atomic E-state index is -0.269. The molecule has 2 N–H and O–H groups in total. The summed E-state index contributed by atoms with van der Waals surface area (Å²) in [6.45, 7) is 6.48. The SMILES string of the molecule is CCOc1ccc(C(CN)C2CN3CCC2CC3)cc1F. The number of piperidine rings is 3. The Bertz CT molecular complexity index is 486. The van der Waals surface area contributed by atoms with Gasteiger partial charge in [-0.15, -0.1) is 0 Å². The molecule has 1 aromatic carbocycles. The number of rotatable bonds is 5. The first-order chi connectivity index (χ1) is 10.2. The minimum absolute atomic E-state index is 0.253. The van der Waals surface area contributed by atoms with Gasteiger partial charge in [0.1, 0.15) is 0 Å². The van der Waals surface area contributed by atoms with Crippen LogP contribution in [0.3, 0.4) is 0 Å². The fourth-order valence-electron chi connectivity index (χ4n) is 4.05. The number of nitrogens with two attached hydrogens (primary N) is 1. The highest BCUT2D eigenvalue weighted by molar-refractivity contribution is 5.32. The van der Waals surface area contributed by atoms with Crippen LogP contribution in [0.4, 0.5) is 4.39 Å². The van der Waals surface area contributed by atoms with Gasteiger partial charge in [-0.05, 0) is 68.9 Å². The Hall–Kier alpha value is -1.13. The van der Waals surface area contributed by atoms with Gasteiger partial charge in [0.25, 0.3) is 0 Å². The second-order valence-corrected chi connectivity index (χ2v) is 6.27. The number of hydrogen-bond acceptors (Lipinski definition) is 3. The Kier molecular flexibility index (Phi) is 4.45. The summed E-state index contributed by atoms with van der Waals surface area (Å²) in [4.78, 5) is 2.53. The third-order valence-corrected chi connectivity index (χ3v) is 5.16. The van der Waals surface area contributed by atoms with Crippen molar-refractivity contribution in [2.45, 2.75) is 25.7 Å². The summed E-state index contributed by atoms with van der Waals surface area (Å²) >= 11 is 0. The van der Waals surface area contributed by atoms with E-state index in [2.05, 4.69) is 4.90 Å². The molecule has 2 bridgehead atoms. The van der Waals surface area contributed by atoms with E-state index in [9.17, 15) is 4.39 Å². The van der Waals surface area contributed by atoms with E-state index in [1.807, 2.05) is 13.0 Å². The molecule has 3 aliphatic rings. The lowest BCUT2D eigenvalue weighted by molar-refractivity contribution is 0.0378. The summed E-state index contributed by atoms with van der Waals surface area (Å²) in [5, 5.41) is 0. The summed E-state index contributed by atoms with van der Waals surface area (Å²) in [6.07, 6.45) is 2.53. The maximum absolute atomic E-state index is 14.1. The van der Waals surface area contributed by atoms with Crippen LogP contribution >= 0.6 is 0 Å². The molecule has 4 rings (SSSR count). The first-order valence-electron chi connectivity index (χ1n) is 8.07. The molecule has 4 heteroatoms. The minimum Gasteiger partial charge on any atom is -0.491 e. The van der Waals surface area contributed by atoms with Gasteiger partial charge in [0, 0.05) is 12.5 Å². The summed E-state index contributed by atoms with van der Waals surface area (Å²) in [5.74, 6) is 1.64. The molecule has 0 amide bonds. The van der Waals surface area contributed by atoms with Crippen molar-refractivity contribution < 1.29 is 9.13 Å². The largest absolute Gasteiger partial charge is 0.491 e. The first kappa shape index (κ1) is 14.8. The Morgan fingerprint density at radius 2 is 2.14 bits per heavy atom. The summed E-state index contributed by atoms with van der Waals surface area (Å²) in [7, 11) is 0. The zero-order valence-corrected chi connectivity index (χ0v) is 12.7. The highest BCUT2D eigenvalue weighted by atomic mass is 19.1. The standard InChI is InChI=1S/C17H25FN2O/c1-2-21-17-4-3-13(9-16(17)18)14(10-19)15-11-20-7-5-12(15)6-8-20/h3-4,9,12,14-15H,2,5-8,10-11,19H2,1H3. The molecule has 21 heavy (non-hydrogen) atoms. The Morgan fingerprint density at radius 3 is 2.67 bits per heavy atom. The number of nitrogens with zero attached hydrogens (tertiary/aromatic N) is 1. The summed E-state index contributed by atoms with van der Waals surface area (Å²) < 4.78 is 19.4. The molecule has 116 valence electrons. The summed E-state index contributed by atoms with van der Waals surface area (Å²) in [6, 6.07) is 5.36. The van der Waals surface area contributed by atoms with E-state index in [0.29, 0.717) is 24.8 Å². The van der Waals surface area contributed by atoms with Crippen molar-refractivity contribution in [3.8, 4) is 5.75 Å². The fraction of sp³-hybridized carbons (Fsp3) is 0.647. The van der Waals surface area contributed by atoms with Gasteiger partial charge >= 0.3 is 0 Å².